The molecule has 514 valence electrons. The molecule has 30 nitrogen and oxygen atoms in total. The molecule has 0 spiro atoms. The second-order valence-corrected chi connectivity index (χ2v) is 32.1. The van der Waals surface area contributed by atoms with E-state index < -0.39 is 104 Å². The standard InChI is InChI=1S/C23H24N3O7PS.C19H24N3O7PS.C18H22N3O7PS/c1-3-32-34(29,33-4-2)23(15-9-6-5-7-10-15)26-20-17-11-8-12-19(35(24,30)31)16(17)13-14-18(20)25-21(27)22(26)28;1-4-16(30(25,28-5-2)29-6-3)22-17-13-8-7-9-15(31(20,26)27)12(13)10-11-14(17)21-18(23)19(22)24;1-4-27-29(24,28-5-2)11(3)21-16-13-7-6-8-15(30(19,25)26)12(13)9-10-14(16)20-17(22)18(21)23/h5-14,23H,3-4H2,1-2H3,(H,25,27)(H2,24,30,31);7-11,16H,4-6H2,1-3H3,(H,21,23)(H2,20,26,27);6-11H,4-5H2,1-3H3,(H,20,22)(H2,19,25,26). The Hall–Kier alpha value is -7.68. The van der Waals surface area contributed by atoms with Gasteiger partial charge in [-0.05, 0) is 96.8 Å². The predicted octanol–water partition coefficient (Wildman–Crippen LogP) is 8.24. The monoisotopic (exact) mass is 1440 g/mol. The van der Waals surface area contributed by atoms with Crippen LogP contribution >= 0.6 is 22.8 Å². The van der Waals surface area contributed by atoms with Crippen LogP contribution in [0.1, 0.15) is 84.7 Å². The van der Waals surface area contributed by atoms with E-state index >= 15 is 0 Å². The summed E-state index contributed by atoms with van der Waals surface area (Å²) in [5.41, 5.74) is -3.98. The number of benzene rings is 7. The van der Waals surface area contributed by atoms with Gasteiger partial charge in [-0.1, -0.05) is 91.9 Å². The Morgan fingerprint density at radius 2 is 0.698 bits per heavy atom. The third-order valence-electron chi connectivity index (χ3n) is 15.0. The van der Waals surface area contributed by atoms with Crippen molar-refractivity contribution in [1.82, 2.24) is 28.7 Å². The molecule has 10 aromatic rings. The second-order valence-electron chi connectivity index (χ2n) is 20.9. The number of rotatable bonds is 23. The molecule has 96 heavy (non-hydrogen) atoms. The Kier molecular flexibility index (Phi) is 22.8. The van der Waals surface area contributed by atoms with E-state index in [1.807, 2.05) is 0 Å². The Bertz CT molecular complexity index is 5540. The maximum atomic E-state index is 14.2. The maximum Gasteiger partial charge on any atom is 0.357 e. The van der Waals surface area contributed by atoms with Crippen LogP contribution in [0.4, 0.5) is 0 Å². The van der Waals surface area contributed by atoms with Crippen molar-refractivity contribution in [3.63, 3.8) is 0 Å². The van der Waals surface area contributed by atoms with Crippen molar-refractivity contribution in [2.24, 2.45) is 15.4 Å². The molecule has 3 unspecified atom stereocenters. The van der Waals surface area contributed by atoms with Gasteiger partial charge in [-0.15, -0.1) is 0 Å². The van der Waals surface area contributed by atoms with E-state index in [9.17, 15) is 67.7 Å². The molecule has 0 saturated heterocycles. The molecule has 3 heterocycles. The molecule has 0 aliphatic carbocycles. The molecule has 3 aromatic heterocycles. The lowest BCUT2D eigenvalue weighted by Crippen LogP contribution is -2.39. The summed E-state index contributed by atoms with van der Waals surface area (Å²) in [6.45, 7) is 13.3. The Balaban J connectivity index is 0.000000185. The molecule has 0 radical (unpaired) electrons. The highest BCUT2D eigenvalue weighted by Crippen LogP contribution is 2.63. The first-order chi connectivity index (χ1) is 45.3. The van der Waals surface area contributed by atoms with Gasteiger partial charge in [0.2, 0.25) is 30.1 Å². The van der Waals surface area contributed by atoms with Crippen LogP contribution in [0.5, 0.6) is 0 Å². The van der Waals surface area contributed by atoms with Gasteiger partial charge in [0.25, 0.3) is 0 Å². The predicted molar refractivity (Wildman–Crippen MR) is 364 cm³/mol. The first kappa shape index (κ1) is 74.1. The first-order valence-electron chi connectivity index (χ1n) is 29.7. The summed E-state index contributed by atoms with van der Waals surface area (Å²) in [7, 11) is -24.0. The van der Waals surface area contributed by atoms with E-state index in [1.165, 1.54) is 79.7 Å². The molecule has 9 N–H and O–H groups in total. The molecule has 3 atom stereocenters. The van der Waals surface area contributed by atoms with E-state index in [0.717, 1.165) is 13.7 Å². The van der Waals surface area contributed by atoms with Crippen LogP contribution < -0.4 is 48.8 Å². The van der Waals surface area contributed by atoms with Gasteiger partial charge in [0.15, 0.2) is 5.78 Å². The van der Waals surface area contributed by atoms with E-state index in [2.05, 4.69) is 15.0 Å². The minimum Gasteiger partial charge on any atom is -0.316 e. The maximum absolute atomic E-state index is 14.2. The molecule has 0 fully saturated rings. The fourth-order valence-corrected chi connectivity index (χ4v) is 19.5. The van der Waals surface area contributed by atoms with Crippen molar-refractivity contribution in [3.05, 3.63) is 189 Å². The lowest BCUT2D eigenvalue weighted by Gasteiger charge is -2.29. The van der Waals surface area contributed by atoms with Crippen molar-refractivity contribution in [3.8, 4) is 0 Å². The Morgan fingerprint density at radius 3 is 1.04 bits per heavy atom. The summed E-state index contributed by atoms with van der Waals surface area (Å²) in [6, 6.07) is 30.5. The van der Waals surface area contributed by atoms with Crippen molar-refractivity contribution in [2.75, 3.05) is 39.6 Å². The highest BCUT2D eigenvalue weighted by atomic mass is 32.2. The molecule has 0 aliphatic rings. The molecule has 36 heteroatoms. The average Bonchev–Trinajstić information content (AvgIpc) is 0.744. The summed E-state index contributed by atoms with van der Waals surface area (Å²) in [6.07, 6.45) is 0.154. The highest BCUT2D eigenvalue weighted by molar-refractivity contribution is 7.90. The summed E-state index contributed by atoms with van der Waals surface area (Å²) < 4.78 is 150. The quantitative estimate of drug-likeness (QED) is 0.0199. The van der Waals surface area contributed by atoms with E-state index in [1.54, 1.807) is 97.0 Å². The molecule has 0 amide bonds. The summed E-state index contributed by atoms with van der Waals surface area (Å²) >= 11 is 0. The van der Waals surface area contributed by atoms with Crippen molar-refractivity contribution < 1.29 is 66.1 Å². The first-order valence-corrected chi connectivity index (χ1v) is 39.1. The SMILES string of the molecule is CCOP(=O)(OCC)C(C)n1c(=O)c(=O)[nH]c2ccc3c(S(N)(=O)=O)cccc3c21.CCOP(=O)(OCC)C(CC)n1c(=O)c(=O)[nH]c2ccc3c(S(N)(=O)=O)cccc3c21.CCOP(=O)(OCC)C(c1ccccc1)n1c(=O)c(=O)[nH]c2ccc3c(S(N)(=O)=O)cccc3c21. The molecular weight excluding hydrogens is 1370 g/mol. The minimum atomic E-state index is -4.11. The van der Waals surface area contributed by atoms with Gasteiger partial charge in [-0.25, -0.2) is 40.7 Å². The summed E-state index contributed by atoms with van der Waals surface area (Å²) in [5, 5.41) is 17.8. The number of nitrogens with one attached hydrogen (secondary N) is 3. The second kappa shape index (κ2) is 29.6. The van der Waals surface area contributed by atoms with Gasteiger partial charge < -0.3 is 42.1 Å². The van der Waals surface area contributed by atoms with Gasteiger partial charge in [0.1, 0.15) is 11.6 Å². The van der Waals surface area contributed by atoms with Gasteiger partial charge in [0.05, 0.1) is 87.4 Å². The molecular formula is C60H70N9O21P3S3. The van der Waals surface area contributed by atoms with Crippen LogP contribution in [0.2, 0.25) is 0 Å². The largest absolute Gasteiger partial charge is 0.357 e. The molecule has 7 aromatic carbocycles. The number of hydrogen-bond donors (Lipinski definition) is 6. The summed E-state index contributed by atoms with van der Waals surface area (Å²) in [5.74, 6) is -3.59. The summed E-state index contributed by atoms with van der Waals surface area (Å²) in [4.78, 5) is 83.8. The Morgan fingerprint density at radius 1 is 0.385 bits per heavy atom. The van der Waals surface area contributed by atoms with Crippen LogP contribution in [0.15, 0.2) is 165 Å². The van der Waals surface area contributed by atoms with Crippen LogP contribution in [0.25, 0.3) is 65.4 Å². The molecule has 0 bridgehead atoms. The van der Waals surface area contributed by atoms with Crippen molar-refractivity contribution >= 4 is 118 Å². The number of aromatic nitrogens is 6. The number of nitrogens with two attached hydrogens (primary N) is 3. The fraction of sp³-hybridized carbons (Fsp3) is 0.300. The molecule has 0 saturated carbocycles. The van der Waals surface area contributed by atoms with E-state index in [4.69, 9.17) is 42.6 Å². The van der Waals surface area contributed by atoms with E-state index in [-0.39, 0.29) is 110 Å². The normalized spacial score (nSPS) is 13.6. The zero-order valence-corrected chi connectivity index (χ0v) is 58.1. The van der Waals surface area contributed by atoms with Crippen LogP contribution in [-0.4, -0.2) is 93.5 Å². The zero-order valence-electron chi connectivity index (χ0n) is 52.9. The lowest BCUT2D eigenvalue weighted by atomic mass is 10.1. The van der Waals surface area contributed by atoms with Gasteiger partial charge in [0, 0.05) is 32.3 Å². The minimum absolute atomic E-state index is 0.0206. The van der Waals surface area contributed by atoms with Gasteiger partial charge >= 0.3 is 56.1 Å². The van der Waals surface area contributed by atoms with Crippen LogP contribution in [0, 0.1) is 0 Å². The number of sulfonamides is 3. The smallest absolute Gasteiger partial charge is 0.316 e. The Labute approximate surface area is 548 Å². The fourth-order valence-electron chi connectivity index (χ4n) is 11.3. The van der Waals surface area contributed by atoms with Crippen molar-refractivity contribution in [1.29, 1.82) is 0 Å². The number of hydrogen-bond acceptors (Lipinski definition) is 21. The van der Waals surface area contributed by atoms with Crippen LogP contribution in [-0.2, 0) is 70.9 Å². The topological polar surface area (TPSA) is 452 Å². The third-order valence-corrected chi connectivity index (χ3v) is 25.2. The third kappa shape index (κ3) is 14.6. The molecule has 0 aliphatic heterocycles. The lowest BCUT2D eigenvalue weighted by molar-refractivity contribution is 0.202. The van der Waals surface area contributed by atoms with Gasteiger partial charge in [-0.2, -0.15) is 0 Å². The average molecular weight is 1440 g/mol. The van der Waals surface area contributed by atoms with Gasteiger partial charge in [-0.3, -0.25) is 56.2 Å². The number of H-pyrrole nitrogens is 3. The molecule has 10 rings (SSSR count). The zero-order chi connectivity index (χ0) is 70.6. The number of aromatic amines is 3. The highest BCUT2D eigenvalue weighted by Gasteiger charge is 2.42. The van der Waals surface area contributed by atoms with Crippen molar-refractivity contribution in [2.45, 2.75) is 93.8 Å². The number of primary sulfonamides is 3. The number of fused-ring (bicyclic) bond motifs is 9. The number of nitrogens with zero attached hydrogens (tertiary/aromatic N) is 3. The van der Waals surface area contributed by atoms with Crippen LogP contribution in [0.3, 0.4) is 0 Å². The van der Waals surface area contributed by atoms with E-state index in [0.29, 0.717) is 21.7 Å².